The van der Waals surface area contributed by atoms with E-state index in [0.29, 0.717) is 0 Å². The van der Waals surface area contributed by atoms with Gasteiger partial charge in [-0.05, 0) is 280 Å². The Morgan fingerprint density at radius 1 is 0.104 bits per heavy atom. The van der Waals surface area contributed by atoms with Crippen molar-refractivity contribution >= 4 is 21.5 Å². The highest BCUT2D eigenvalue weighted by Crippen LogP contribution is 2.57. The van der Waals surface area contributed by atoms with Crippen molar-refractivity contribution in [1.29, 1.82) is 0 Å². The summed E-state index contributed by atoms with van der Waals surface area (Å²) in [5.74, 6) is 0. The van der Waals surface area contributed by atoms with Gasteiger partial charge in [0.15, 0.2) is 0 Å². The van der Waals surface area contributed by atoms with E-state index in [4.69, 9.17) is 0 Å². The Bertz CT molecular complexity index is 7870. The zero-order chi connectivity index (χ0) is 99.3. The summed E-state index contributed by atoms with van der Waals surface area (Å²) < 4.78 is 0. The van der Waals surface area contributed by atoms with Gasteiger partial charge >= 0.3 is 0 Å². The third-order valence-electron chi connectivity index (χ3n) is 27.7. The molecule has 0 aliphatic carbocycles. The van der Waals surface area contributed by atoms with E-state index >= 15 is 0 Å². The fourth-order valence-corrected chi connectivity index (χ4v) is 20.1. The Hall–Kier alpha value is -16.6. The van der Waals surface area contributed by atoms with Gasteiger partial charge in [0, 0.05) is 0 Å². The Kier molecular flexibility index (Phi) is 28.6. The Morgan fingerprint density at radius 3 is 0.688 bits per heavy atom. The number of hydrogen-bond donors (Lipinski definition) is 0. The van der Waals surface area contributed by atoms with Crippen LogP contribution in [0, 0.1) is 0 Å². The minimum Gasteiger partial charge on any atom is -0.0622 e. The van der Waals surface area contributed by atoms with Crippen LogP contribution in [-0.4, -0.2) is 0 Å². The molecule has 0 aliphatic heterocycles. The van der Waals surface area contributed by atoms with Crippen molar-refractivity contribution < 1.29 is 0 Å². The lowest BCUT2D eigenvalue weighted by atomic mass is 9.74. The summed E-state index contributed by atoms with van der Waals surface area (Å²) in [6.45, 7) is 27.3. The van der Waals surface area contributed by atoms with Crippen LogP contribution in [0.4, 0.5) is 0 Å². The van der Waals surface area contributed by atoms with E-state index in [1.54, 1.807) is 0 Å². The molecule has 0 radical (unpaired) electrons. The minimum absolute atomic E-state index is 0.0601. The van der Waals surface area contributed by atoms with Crippen molar-refractivity contribution in [2.75, 3.05) is 0 Å². The molecule has 0 N–H and O–H groups in total. The maximum absolute atomic E-state index is 2.37. The smallest absolute Gasteiger partial charge is 0.00139 e. The highest BCUT2D eigenvalue weighted by molar-refractivity contribution is 6.15. The summed E-state index contributed by atoms with van der Waals surface area (Å²) in [7, 11) is 0. The number of benzene rings is 22. The maximum atomic E-state index is 2.37. The summed E-state index contributed by atoms with van der Waals surface area (Å²) in [5.41, 5.74) is 45.5. The van der Waals surface area contributed by atoms with Crippen molar-refractivity contribution in [2.24, 2.45) is 0 Å². The van der Waals surface area contributed by atoms with Gasteiger partial charge < -0.3 is 0 Å². The predicted octanol–water partition coefficient (Wildman–Crippen LogP) is 40.9. The number of rotatable bonds is 16. The first-order valence-corrected chi connectivity index (χ1v) is 50.7. The van der Waals surface area contributed by atoms with Crippen LogP contribution in [0.1, 0.15) is 105 Å². The van der Waals surface area contributed by atoms with Crippen molar-refractivity contribution in [1.82, 2.24) is 0 Å². The molecule has 0 saturated heterocycles. The van der Waals surface area contributed by atoms with E-state index < -0.39 is 0 Å². The molecule has 0 amide bonds. The average molecular weight is 1850 g/mol. The maximum Gasteiger partial charge on any atom is -0.00139 e. The van der Waals surface area contributed by atoms with Crippen molar-refractivity contribution in [3.8, 4) is 178 Å². The second-order valence-corrected chi connectivity index (χ2v) is 41.8. The number of fused-ring (bicyclic) bond motifs is 2. The van der Waals surface area contributed by atoms with Gasteiger partial charge in [-0.2, -0.15) is 0 Å². The SMILES string of the molecule is CC(C)(C)c1ccc(-c2c(-c3ccccc3)c(-c3ccccc3)c(-c3ccccc3)c(-c3ccccc3)c2-c2ccccc2)cc1.CC(C)(C)c1cccc(-c2c(-c3ccccc3)cc(-c3ccccc3)cc2-c2ccccc2)c1.CC(C)(C)c1cccc(-c2cc(-c3cccc4ccccc34)cc(-c3cccc4ccccc34)c2)c1.CC(C)(C)c1cccc(-c2ccc(-c3ccccc3)cc2-c2ccccc2)c1. The van der Waals surface area contributed by atoms with Gasteiger partial charge in [-0.15, -0.1) is 0 Å². The summed E-state index contributed by atoms with van der Waals surface area (Å²) in [6.07, 6.45) is 0. The normalized spacial score (nSPS) is 11.5. The van der Waals surface area contributed by atoms with Gasteiger partial charge in [0.1, 0.15) is 0 Å². The molecule has 0 aliphatic rings. The van der Waals surface area contributed by atoms with E-state index in [2.05, 4.69) is 617 Å². The monoisotopic (exact) mass is 1850 g/mol. The van der Waals surface area contributed by atoms with Crippen LogP contribution in [-0.2, 0) is 21.7 Å². The van der Waals surface area contributed by atoms with Crippen LogP contribution >= 0.6 is 0 Å². The molecule has 0 atom stereocenters. The lowest BCUT2D eigenvalue weighted by molar-refractivity contribution is 0.590. The Balaban J connectivity index is 0.000000123. The van der Waals surface area contributed by atoms with Crippen LogP contribution in [0.15, 0.2) is 534 Å². The molecule has 0 heteroatoms. The molecular weight excluding hydrogens is 1730 g/mol. The summed E-state index contributed by atoms with van der Waals surface area (Å²) in [5, 5.41) is 5.10. The lowest BCUT2D eigenvalue weighted by Gasteiger charge is -2.29. The molecule has 0 unspecified atom stereocenters. The molecule has 0 spiro atoms. The molecule has 700 valence electrons. The molecule has 22 aromatic rings. The topological polar surface area (TPSA) is 0 Å². The van der Waals surface area contributed by atoms with E-state index in [1.165, 1.54) is 222 Å². The van der Waals surface area contributed by atoms with Crippen LogP contribution in [0.5, 0.6) is 0 Å². The lowest BCUT2D eigenvalue weighted by Crippen LogP contribution is -2.10. The fourth-order valence-electron chi connectivity index (χ4n) is 20.1. The third-order valence-corrected chi connectivity index (χ3v) is 27.7. The predicted molar refractivity (Wildman–Crippen MR) is 623 cm³/mol. The molecule has 0 bridgehead atoms. The summed E-state index contributed by atoms with van der Waals surface area (Å²) >= 11 is 0. The second-order valence-electron chi connectivity index (χ2n) is 41.8. The van der Waals surface area contributed by atoms with Crippen LogP contribution < -0.4 is 0 Å². The van der Waals surface area contributed by atoms with Gasteiger partial charge in [0.25, 0.3) is 0 Å². The first kappa shape index (κ1) is 96.2. The first-order valence-electron chi connectivity index (χ1n) is 50.7. The van der Waals surface area contributed by atoms with Crippen LogP contribution in [0.25, 0.3) is 200 Å². The van der Waals surface area contributed by atoms with Crippen LogP contribution in [0.3, 0.4) is 0 Å². The number of hydrogen-bond acceptors (Lipinski definition) is 0. The standard InChI is InChI=1S/C46H38.C36H30.C34H30.C28H26/c1-46(2,3)39-31-29-38(30-32-39)45-43(36-25-15-7-16-26-36)41(34-21-11-5-12-22-34)40(33-19-9-4-10-20-33)42(35-23-13-6-14-24-35)44(45)37-27-17-8-18-28-37;1-36(2,3)31-16-8-15-27(24-31)28-21-29(34-19-9-13-25-11-4-6-17-32(25)34)23-30(22-28)35-20-10-14-26-12-5-7-18-33(26)35;1-34(2,3)30-21-13-20-28(22-30)33-31(26-16-9-5-10-17-26)23-29(25-14-7-4-8-15-25)24-32(33)27-18-11-6-12-19-27;1-28(2,3)25-16-10-15-24(19-25)26-18-17-23(21-11-6-4-7-12-21)20-27(26)22-13-8-5-9-14-22/h4-32H,1-3H3;4-24H,1-3H3;4-24H,1-3H3;4-20H,1-3H3. The van der Waals surface area contributed by atoms with Crippen molar-refractivity contribution in [2.45, 2.75) is 105 Å². The van der Waals surface area contributed by atoms with E-state index in [-0.39, 0.29) is 21.7 Å². The van der Waals surface area contributed by atoms with Crippen molar-refractivity contribution in [3.63, 3.8) is 0 Å². The quantitative estimate of drug-likeness (QED) is 0.0904. The molecule has 0 nitrogen and oxygen atoms in total. The van der Waals surface area contributed by atoms with E-state index in [0.717, 1.165) is 0 Å². The molecule has 0 fully saturated rings. The largest absolute Gasteiger partial charge is 0.0622 e. The van der Waals surface area contributed by atoms with E-state index in [1.807, 2.05) is 0 Å². The van der Waals surface area contributed by atoms with Crippen LogP contribution in [0.2, 0.25) is 0 Å². The van der Waals surface area contributed by atoms with E-state index in [9.17, 15) is 0 Å². The molecule has 0 aromatic heterocycles. The second kappa shape index (κ2) is 42.8. The first-order chi connectivity index (χ1) is 70.0. The molecule has 144 heavy (non-hydrogen) atoms. The highest BCUT2D eigenvalue weighted by Gasteiger charge is 2.31. The molecule has 22 aromatic carbocycles. The zero-order valence-corrected chi connectivity index (χ0v) is 84.8. The fraction of sp³-hybridized carbons (Fsp3) is 0.111. The van der Waals surface area contributed by atoms with Gasteiger partial charge in [0.2, 0.25) is 0 Å². The summed E-state index contributed by atoms with van der Waals surface area (Å²) in [4.78, 5) is 0. The molecule has 0 saturated carbocycles. The summed E-state index contributed by atoms with van der Waals surface area (Å²) in [6, 6.07) is 194. The van der Waals surface area contributed by atoms with Gasteiger partial charge in [0.05, 0.1) is 0 Å². The molecule has 22 rings (SSSR count). The molecular formula is C144H124. The minimum atomic E-state index is 0.0601. The average Bonchev–Trinajstić information content (AvgIpc) is 0.712. The molecule has 0 heterocycles. The van der Waals surface area contributed by atoms with Gasteiger partial charge in [-0.1, -0.05) is 581 Å². The Labute approximate surface area is 854 Å². The highest BCUT2D eigenvalue weighted by atomic mass is 14.3. The van der Waals surface area contributed by atoms with Gasteiger partial charge in [-0.25, -0.2) is 0 Å². The Morgan fingerprint density at radius 2 is 0.333 bits per heavy atom. The van der Waals surface area contributed by atoms with Gasteiger partial charge in [-0.3, -0.25) is 0 Å². The van der Waals surface area contributed by atoms with Crippen molar-refractivity contribution in [3.05, 3.63) is 556 Å². The zero-order valence-electron chi connectivity index (χ0n) is 84.8. The third kappa shape index (κ3) is 21.8.